The number of nitrogens with one attached hydrogen (secondary N) is 1. The van der Waals surface area contributed by atoms with Crippen LogP contribution in [0.5, 0.6) is 11.5 Å². The summed E-state index contributed by atoms with van der Waals surface area (Å²) in [6.07, 6.45) is 4.04. The second kappa shape index (κ2) is 9.08. The van der Waals surface area contributed by atoms with Gasteiger partial charge in [0.2, 0.25) is 5.75 Å². The summed E-state index contributed by atoms with van der Waals surface area (Å²) in [7, 11) is 0. The van der Waals surface area contributed by atoms with E-state index in [1.807, 2.05) is 6.07 Å². The summed E-state index contributed by atoms with van der Waals surface area (Å²) in [6.45, 7) is 2.50. The second-order valence-electron chi connectivity index (χ2n) is 6.58. The maximum absolute atomic E-state index is 12.6. The van der Waals surface area contributed by atoms with E-state index in [1.54, 1.807) is 42.5 Å². The fourth-order valence-corrected chi connectivity index (χ4v) is 2.93. The van der Waals surface area contributed by atoms with Gasteiger partial charge in [0.05, 0.1) is 17.7 Å². The number of aromatic amines is 1. The van der Waals surface area contributed by atoms with Gasteiger partial charge in [0.1, 0.15) is 0 Å². The summed E-state index contributed by atoms with van der Waals surface area (Å²) in [5, 5.41) is 0.557. The first-order chi connectivity index (χ1) is 13.6. The SMILES string of the molecule is CCCCCCOc1c(OC(=O)c2ccccc2)c2ccc(N)cc2[nH]c1=O. The van der Waals surface area contributed by atoms with E-state index in [-0.39, 0.29) is 11.5 Å². The van der Waals surface area contributed by atoms with Crippen molar-refractivity contribution in [3.05, 3.63) is 64.4 Å². The summed E-state index contributed by atoms with van der Waals surface area (Å²) in [5.74, 6) is -0.429. The van der Waals surface area contributed by atoms with Gasteiger partial charge in [-0.1, -0.05) is 44.4 Å². The number of fused-ring (bicyclic) bond motifs is 1. The molecule has 0 bridgehead atoms. The molecule has 0 unspecified atom stereocenters. The first kappa shape index (κ1) is 19.5. The van der Waals surface area contributed by atoms with Crippen molar-refractivity contribution in [2.75, 3.05) is 12.3 Å². The van der Waals surface area contributed by atoms with Crippen molar-refractivity contribution >= 4 is 22.6 Å². The molecule has 0 saturated carbocycles. The Morgan fingerprint density at radius 3 is 2.57 bits per heavy atom. The number of esters is 1. The van der Waals surface area contributed by atoms with Gasteiger partial charge in [-0.2, -0.15) is 0 Å². The van der Waals surface area contributed by atoms with Gasteiger partial charge in [0.25, 0.3) is 5.56 Å². The predicted molar refractivity (Wildman–Crippen MR) is 110 cm³/mol. The molecule has 0 aliphatic rings. The maximum atomic E-state index is 12.6. The number of rotatable bonds is 8. The Labute approximate surface area is 163 Å². The first-order valence-corrected chi connectivity index (χ1v) is 9.45. The van der Waals surface area contributed by atoms with E-state index in [9.17, 15) is 9.59 Å². The highest BCUT2D eigenvalue weighted by molar-refractivity contribution is 5.96. The molecule has 0 fully saturated rings. The molecule has 1 aromatic heterocycles. The van der Waals surface area contributed by atoms with Crippen molar-refractivity contribution in [2.24, 2.45) is 0 Å². The lowest BCUT2D eigenvalue weighted by Gasteiger charge is -2.14. The maximum Gasteiger partial charge on any atom is 0.343 e. The van der Waals surface area contributed by atoms with E-state index in [0.29, 0.717) is 28.8 Å². The molecule has 0 aliphatic carbocycles. The van der Waals surface area contributed by atoms with Crippen LogP contribution < -0.4 is 20.8 Å². The first-order valence-electron chi connectivity index (χ1n) is 9.45. The molecule has 3 N–H and O–H groups in total. The van der Waals surface area contributed by atoms with Crippen molar-refractivity contribution in [3.63, 3.8) is 0 Å². The van der Waals surface area contributed by atoms with E-state index in [2.05, 4.69) is 11.9 Å². The fourth-order valence-electron chi connectivity index (χ4n) is 2.93. The Balaban J connectivity index is 1.97. The quantitative estimate of drug-likeness (QED) is 0.345. The second-order valence-corrected chi connectivity index (χ2v) is 6.58. The highest BCUT2D eigenvalue weighted by Gasteiger charge is 2.20. The van der Waals surface area contributed by atoms with Gasteiger partial charge in [0, 0.05) is 11.1 Å². The molecule has 6 heteroatoms. The number of hydrogen-bond donors (Lipinski definition) is 2. The van der Waals surface area contributed by atoms with Crippen LogP contribution in [-0.4, -0.2) is 17.6 Å². The number of ether oxygens (including phenoxy) is 2. The van der Waals surface area contributed by atoms with Crippen molar-refractivity contribution in [1.82, 2.24) is 4.98 Å². The van der Waals surface area contributed by atoms with Crippen LogP contribution in [-0.2, 0) is 0 Å². The number of carbonyl (C=O) groups is 1. The van der Waals surface area contributed by atoms with Crippen LogP contribution in [0.1, 0.15) is 43.0 Å². The van der Waals surface area contributed by atoms with Gasteiger partial charge < -0.3 is 20.2 Å². The molecule has 3 aromatic rings. The van der Waals surface area contributed by atoms with E-state index in [1.165, 1.54) is 0 Å². The molecule has 0 spiro atoms. The summed E-state index contributed by atoms with van der Waals surface area (Å²) >= 11 is 0. The zero-order valence-corrected chi connectivity index (χ0v) is 15.9. The van der Waals surface area contributed by atoms with Crippen molar-refractivity contribution in [1.29, 1.82) is 0 Å². The van der Waals surface area contributed by atoms with Crippen molar-refractivity contribution < 1.29 is 14.3 Å². The lowest BCUT2D eigenvalue weighted by Crippen LogP contribution is -2.17. The zero-order chi connectivity index (χ0) is 19.9. The van der Waals surface area contributed by atoms with E-state index in [4.69, 9.17) is 15.2 Å². The summed E-state index contributed by atoms with van der Waals surface area (Å²) in [5.41, 5.74) is 6.74. The number of benzene rings is 2. The fraction of sp³-hybridized carbons (Fsp3) is 0.273. The Morgan fingerprint density at radius 2 is 1.82 bits per heavy atom. The lowest BCUT2D eigenvalue weighted by molar-refractivity contribution is 0.0730. The number of carbonyl (C=O) groups excluding carboxylic acids is 1. The summed E-state index contributed by atoms with van der Waals surface area (Å²) in [4.78, 5) is 27.9. The van der Waals surface area contributed by atoms with Crippen LogP contribution in [0.3, 0.4) is 0 Å². The molecule has 2 aromatic carbocycles. The molecule has 28 heavy (non-hydrogen) atoms. The predicted octanol–water partition coefficient (Wildman–Crippen LogP) is 4.29. The zero-order valence-electron chi connectivity index (χ0n) is 15.9. The van der Waals surface area contributed by atoms with Crippen molar-refractivity contribution in [2.45, 2.75) is 32.6 Å². The minimum absolute atomic E-state index is 0.0121. The van der Waals surface area contributed by atoms with Gasteiger partial charge in [-0.05, 0) is 36.8 Å². The number of aromatic nitrogens is 1. The largest absolute Gasteiger partial charge is 0.485 e. The average Bonchev–Trinajstić information content (AvgIpc) is 2.70. The third kappa shape index (κ3) is 4.52. The van der Waals surface area contributed by atoms with Crippen LogP contribution >= 0.6 is 0 Å². The standard InChI is InChI=1S/C22H24N2O4/c1-2-3-4-8-13-27-20-19(28-22(26)15-9-6-5-7-10-15)17-12-11-16(23)14-18(17)24-21(20)25/h5-7,9-12,14H,2-4,8,13,23H2,1H3,(H,24,25). The van der Waals surface area contributed by atoms with Gasteiger partial charge in [-0.3, -0.25) is 4.79 Å². The summed E-state index contributed by atoms with van der Waals surface area (Å²) < 4.78 is 11.4. The number of H-pyrrole nitrogens is 1. The molecule has 0 aliphatic heterocycles. The van der Waals surface area contributed by atoms with Crippen LogP contribution in [0.25, 0.3) is 10.9 Å². The number of nitrogens with two attached hydrogens (primary N) is 1. The molecule has 146 valence electrons. The van der Waals surface area contributed by atoms with Gasteiger partial charge >= 0.3 is 5.97 Å². The van der Waals surface area contributed by atoms with E-state index < -0.39 is 11.5 Å². The number of anilines is 1. The number of unbranched alkanes of at least 4 members (excludes halogenated alkanes) is 3. The third-order valence-electron chi connectivity index (χ3n) is 4.40. The molecule has 6 nitrogen and oxygen atoms in total. The normalized spacial score (nSPS) is 10.8. The van der Waals surface area contributed by atoms with Crippen LogP contribution in [0.4, 0.5) is 5.69 Å². The molecule has 1 heterocycles. The third-order valence-corrected chi connectivity index (χ3v) is 4.40. The Bertz CT molecular complexity index is 1010. The number of nitrogen functional groups attached to an aromatic ring is 1. The highest BCUT2D eigenvalue weighted by Crippen LogP contribution is 2.33. The van der Waals surface area contributed by atoms with Crippen LogP contribution in [0.2, 0.25) is 0 Å². The minimum Gasteiger partial charge on any atom is -0.485 e. The molecular weight excluding hydrogens is 356 g/mol. The summed E-state index contributed by atoms with van der Waals surface area (Å²) in [6, 6.07) is 13.6. The minimum atomic E-state index is -0.555. The average molecular weight is 380 g/mol. The van der Waals surface area contributed by atoms with Gasteiger partial charge in [-0.25, -0.2) is 4.79 Å². The van der Waals surface area contributed by atoms with Crippen LogP contribution in [0, 0.1) is 0 Å². The highest BCUT2D eigenvalue weighted by atomic mass is 16.6. The Hall–Kier alpha value is -3.28. The van der Waals surface area contributed by atoms with E-state index in [0.717, 1.165) is 25.7 Å². The smallest absolute Gasteiger partial charge is 0.343 e. The molecule has 0 saturated heterocycles. The molecule has 0 atom stereocenters. The molecule has 0 radical (unpaired) electrons. The van der Waals surface area contributed by atoms with Crippen molar-refractivity contribution in [3.8, 4) is 11.5 Å². The molecule has 0 amide bonds. The Kier molecular flexibility index (Phi) is 6.32. The molecule has 3 rings (SSSR count). The number of pyridine rings is 1. The molecular formula is C22H24N2O4. The number of hydrogen-bond acceptors (Lipinski definition) is 5. The van der Waals surface area contributed by atoms with Crippen LogP contribution in [0.15, 0.2) is 53.3 Å². The van der Waals surface area contributed by atoms with E-state index >= 15 is 0 Å². The monoisotopic (exact) mass is 380 g/mol. The Morgan fingerprint density at radius 1 is 1.04 bits per heavy atom. The van der Waals surface area contributed by atoms with Gasteiger partial charge in [0.15, 0.2) is 5.75 Å². The topological polar surface area (TPSA) is 94.4 Å². The lowest BCUT2D eigenvalue weighted by atomic mass is 10.1. The van der Waals surface area contributed by atoms with Gasteiger partial charge in [-0.15, -0.1) is 0 Å².